The van der Waals surface area contributed by atoms with Gasteiger partial charge in [-0.05, 0) is 49.6 Å². The van der Waals surface area contributed by atoms with E-state index in [0.717, 1.165) is 40.0 Å². The summed E-state index contributed by atoms with van der Waals surface area (Å²) in [7, 11) is 0. The molecule has 1 aliphatic carbocycles. The Morgan fingerprint density at radius 1 is 1.14 bits per heavy atom. The predicted octanol–water partition coefficient (Wildman–Crippen LogP) is 3.53. The quantitative estimate of drug-likeness (QED) is 0.673. The van der Waals surface area contributed by atoms with Crippen LogP contribution in [0.4, 0.5) is 15.5 Å². The molecule has 2 aromatic heterocycles. The molecule has 4 heterocycles. The van der Waals surface area contributed by atoms with Crippen LogP contribution in [0.5, 0.6) is 0 Å². The first-order chi connectivity index (χ1) is 14.2. The van der Waals surface area contributed by atoms with Crippen LogP contribution in [0.2, 0.25) is 0 Å². The fourth-order valence-electron chi connectivity index (χ4n) is 4.17. The van der Waals surface area contributed by atoms with Crippen LogP contribution in [-0.4, -0.2) is 46.2 Å². The molecule has 3 fully saturated rings. The molecule has 2 saturated heterocycles. The van der Waals surface area contributed by atoms with Crippen molar-refractivity contribution in [2.75, 3.05) is 23.3 Å². The fourth-order valence-corrected chi connectivity index (χ4v) is 5.31. The molecular weight excluding hydrogens is 387 g/mol. The van der Waals surface area contributed by atoms with Crippen LogP contribution < -0.4 is 15.5 Å². The molecule has 6 nitrogen and oxygen atoms in total. The minimum absolute atomic E-state index is 0.244. The molecule has 1 saturated carbocycles. The summed E-state index contributed by atoms with van der Waals surface area (Å²) < 4.78 is 13.5. The van der Waals surface area contributed by atoms with Crippen LogP contribution in [0, 0.1) is 5.82 Å². The summed E-state index contributed by atoms with van der Waals surface area (Å²) >= 11 is 1.67. The molecule has 29 heavy (non-hydrogen) atoms. The monoisotopic (exact) mass is 408 g/mol. The topological polar surface area (TPSA) is 66.0 Å². The summed E-state index contributed by atoms with van der Waals surface area (Å²) in [5.74, 6) is 0.418. The lowest BCUT2D eigenvalue weighted by Gasteiger charge is -2.26. The molecule has 2 atom stereocenters. The van der Waals surface area contributed by atoms with Gasteiger partial charge in [-0.3, -0.25) is 0 Å². The van der Waals surface area contributed by atoms with Gasteiger partial charge in [-0.25, -0.2) is 19.3 Å². The van der Waals surface area contributed by atoms with Gasteiger partial charge in [-0.1, -0.05) is 11.3 Å². The van der Waals surface area contributed by atoms with E-state index in [1.165, 1.54) is 31.4 Å². The lowest BCUT2D eigenvalue weighted by atomic mass is 10.1. The number of hydrogen-bond acceptors (Lipinski definition) is 7. The van der Waals surface area contributed by atoms with Crippen LogP contribution in [0.25, 0.3) is 21.8 Å². The molecule has 0 amide bonds. The number of hydrogen-bond donors (Lipinski definition) is 2. The zero-order valence-electron chi connectivity index (χ0n) is 15.8. The number of fused-ring (bicyclic) bond motifs is 2. The summed E-state index contributed by atoms with van der Waals surface area (Å²) in [5, 5.41) is 7.93. The molecule has 0 spiro atoms. The first kappa shape index (κ1) is 17.3. The maximum atomic E-state index is 13.5. The molecule has 3 aliphatic rings. The average molecular weight is 409 g/mol. The van der Waals surface area contributed by atoms with Crippen molar-refractivity contribution in [2.45, 2.75) is 37.4 Å². The standard InChI is InChI=1S/C21H21FN6S/c22-13-3-1-12(2-4-13)18-19(17-7-8-23-20(26-17)25-14-5-6-14)29-21(27-18)28-11-15-9-16(28)10-24-15/h1-4,7-8,14-16,24H,5-6,9-11H2,(H,23,25,26). The molecular formula is C21H21FN6S. The molecule has 8 heteroatoms. The van der Waals surface area contributed by atoms with Gasteiger partial charge in [0.25, 0.3) is 0 Å². The normalized spacial score (nSPS) is 23.0. The summed E-state index contributed by atoms with van der Waals surface area (Å²) in [6.45, 7) is 1.99. The van der Waals surface area contributed by atoms with Gasteiger partial charge in [0, 0.05) is 43.0 Å². The second-order valence-corrected chi connectivity index (χ2v) is 8.99. The molecule has 2 bridgehead atoms. The van der Waals surface area contributed by atoms with E-state index in [0.29, 0.717) is 24.1 Å². The Balaban J connectivity index is 1.42. The molecule has 6 rings (SSSR count). The van der Waals surface area contributed by atoms with Gasteiger partial charge in [0.05, 0.1) is 16.3 Å². The maximum Gasteiger partial charge on any atom is 0.223 e. The van der Waals surface area contributed by atoms with Crippen molar-refractivity contribution in [3.8, 4) is 21.8 Å². The lowest BCUT2D eigenvalue weighted by Crippen LogP contribution is -2.43. The minimum atomic E-state index is -0.244. The Labute approximate surface area is 172 Å². The average Bonchev–Trinajstić information content (AvgIpc) is 3.15. The summed E-state index contributed by atoms with van der Waals surface area (Å²) in [6, 6.07) is 10.0. The first-order valence-electron chi connectivity index (χ1n) is 10.1. The van der Waals surface area contributed by atoms with Crippen LogP contribution in [0.15, 0.2) is 36.5 Å². The summed E-state index contributed by atoms with van der Waals surface area (Å²) in [4.78, 5) is 17.5. The smallest absolute Gasteiger partial charge is 0.223 e. The Morgan fingerprint density at radius 2 is 2.00 bits per heavy atom. The van der Waals surface area contributed by atoms with E-state index in [9.17, 15) is 4.39 Å². The third-order valence-electron chi connectivity index (χ3n) is 5.83. The zero-order valence-corrected chi connectivity index (χ0v) is 16.6. The Hall–Kier alpha value is -2.58. The first-order valence-corrected chi connectivity index (χ1v) is 10.9. The highest BCUT2D eigenvalue weighted by Gasteiger charge is 2.39. The van der Waals surface area contributed by atoms with Gasteiger partial charge < -0.3 is 15.5 Å². The number of benzene rings is 1. The third-order valence-corrected chi connectivity index (χ3v) is 6.95. The second kappa shape index (κ2) is 6.74. The van der Waals surface area contributed by atoms with Gasteiger partial charge in [0.15, 0.2) is 5.13 Å². The minimum Gasteiger partial charge on any atom is -0.351 e. The number of thiazole rings is 1. The summed E-state index contributed by atoms with van der Waals surface area (Å²) in [5.41, 5.74) is 2.62. The number of rotatable bonds is 5. The van der Waals surface area contributed by atoms with Crippen LogP contribution in [0.3, 0.4) is 0 Å². The van der Waals surface area contributed by atoms with E-state index < -0.39 is 0 Å². The van der Waals surface area contributed by atoms with Crippen molar-refractivity contribution in [3.63, 3.8) is 0 Å². The Kier molecular flexibility index (Phi) is 4.02. The molecule has 1 aromatic carbocycles. The van der Waals surface area contributed by atoms with Crippen molar-refractivity contribution < 1.29 is 4.39 Å². The van der Waals surface area contributed by atoms with Crippen LogP contribution in [-0.2, 0) is 0 Å². The molecule has 0 radical (unpaired) electrons. The Morgan fingerprint density at radius 3 is 2.72 bits per heavy atom. The molecule has 3 aromatic rings. The van der Waals surface area contributed by atoms with Gasteiger partial charge in [0.2, 0.25) is 5.95 Å². The van der Waals surface area contributed by atoms with Crippen LogP contribution >= 0.6 is 11.3 Å². The zero-order chi connectivity index (χ0) is 19.4. The van der Waals surface area contributed by atoms with E-state index in [4.69, 9.17) is 9.97 Å². The van der Waals surface area contributed by atoms with Crippen molar-refractivity contribution in [1.82, 2.24) is 20.3 Å². The number of anilines is 2. The van der Waals surface area contributed by atoms with Crippen molar-refractivity contribution >= 4 is 22.4 Å². The molecule has 148 valence electrons. The summed E-state index contributed by atoms with van der Waals surface area (Å²) in [6.07, 6.45) is 5.31. The predicted molar refractivity (Wildman–Crippen MR) is 113 cm³/mol. The van der Waals surface area contributed by atoms with Crippen molar-refractivity contribution in [2.24, 2.45) is 0 Å². The highest BCUT2D eigenvalue weighted by atomic mass is 32.1. The number of nitrogens with zero attached hydrogens (tertiary/aromatic N) is 4. The highest BCUT2D eigenvalue weighted by Crippen LogP contribution is 2.42. The highest BCUT2D eigenvalue weighted by molar-refractivity contribution is 7.19. The third kappa shape index (κ3) is 3.26. The van der Waals surface area contributed by atoms with Gasteiger partial charge in [-0.15, -0.1) is 0 Å². The molecule has 2 aliphatic heterocycles. The largest absolute Gasteiger partial charge is 0.351 e. The Bertz CT molecular complexity index is 1050. The number of piperazine rings is 1. The van der Waals surface area contributed by atoms with E-state index in [1.807, 2.05) is 6.07 Å². The van der Waals surface area contributed by atoms with Gasteiger partial charge in [-0.2, -0.15) is 0 Å². The number of aromatic nitrogens is 3. The fraction of sp³-hybridized carbons (Fsp3) is 0.381. The van der Waals surface area contributed by atoms with Crippen molar-refractivity contribution in [1.29, 1.82) is 0 Å². The maximum absolute atomic E-state index is 13.5. The van der Waals surface area contributed by atoms with E-state index in [-0.39, 0.29) is 5.82 Å². The SMILES string of the molecule is Fc1ccc(-c2nc(N3CC4CC3CN4)sc2-c2ccnc(NC3CC3)n2)cc1. The van der Waals surface area contributed by atoms with E-state index >= 15 is 0 Å². The lowest BCUT2D eigenvalue weighted by molar-refractivity contribution is 0.579. The van der Waals surface area contributed by atoms with E-state index in [2.05, 4.69) is 20.5 Å². The molecule has 2 unspecified atom stereocenters. The van der Waals surface area contributed by atoms with E-state index in [1.54, 1.807) is 29.7 Å². The van der Waals surface area contributed by atoms with Gasteiger partial charge >= 0.3 is 0 Å². The van der Waals surface area contributed by atoms with Crippen molar-refractivity contribution in [3.05, 3.63) is 42.3 Å². The number of nitrogens with one attached hydrogen (secondary N) is 2. The number of halogens is 1. The molecule has 2 N–H and O–H groups in total. The van der Waals surface area contributed by atoms with Gasteiger partial charge in [0.1, 0.15) is 5.82 Å². The van der Waals surface area contributed by atoms with Crippen LogP contribution in [0.1, 0.15) is 19.3 Å². The second-order valence-electron chi connectivity index (χ2n) is 8.01.